The van der Waals surface area contributed by atoms with Gasteiger partial charge in [0.25, 0.3) is 0 Å². The van der Waals surface area contributed by atoms with Gasteiger partial charge in [-0.3, -0.25) is 4.90 Å². The summed E-state index contributed by atoms with van der Waals surface area (Å²) in [5.41, 5.74) is 3.93. The summed E-state index contributed by atoms with van der Waals surface area (Å²) in [6.07, 6.45) is 1.75. The van der Waals surface area contributed by atoms with E-state index < -0.39 is 0 Å². The van der Waals surface area contributed by atoms with Crippen molar-refractivity contribution in [2.45, 2.75) is 26.3 Å². The van der Waals surface area contributed by atoms with Crippen LogP contribution < -0.4 is 5.32 Å². The van der Waals surface area contributed by atoms with Crippen molar-refractivity contribution in [3.8, 4) is 0 Å². The number of nitrogens with one attached hydrogen (secondary N) is 1. The number of fused-ring (bicyclic) bond motifs is 4. The van der Waals surface area contributed by atoms with Gasteiger partial charge in [-0.15, -0.1) is 5.10 Å². The van der Waals surface area contributed by atoms with Gasteiger partial charge in [0, 0.05) is 38.0 Å². The van der Waals surface area contributed by atoms with Crippen molar-refractivity contribution in [2.24, 2.45) is 0 Å². The maximum atomic E-state index is 5.45. The van der Waals surface area contributed by atoms with Crippen LogP contribution in [0.3, 0.4) is 0 Å². The monoisotopic (exact) mass is 470 g/mol. The number of benzene rings is 2. The summed E-state index contributed by atoms with van der Waals surface area (Å²) in [5, 5.41) is 9.38. The smallest absolute Gasteiger partial charge is 0.226 e. The third kappa shape index (κ3) is 4.44. The molecule has 1 aliphatic heterocycles. The first-order valence-electron chi connectivity index (χ1n) is 12.4. The van der Waals surface area contributed by atoms with Gasteiger partial charge in [-0.2, -0.15) is 4.52 Å². The minimum Gasteiger partial charge on any atom is -0.379 e. The molecule has 0 spiro atoms. The van der Waals surface area contributed by atoms with E-state index in [9.17, 15) is 0 Å². The van der Waals surface area contributed by atoms with Crippen LogP contribution in [-0.2, 0) is 17.7 Å². The van der Waals surface area contributed by atoms with Gasteiger partial charge in [-0.25, -0.2) is 15.0 Å². The van der Waals surface area contributed by atoms with Crippen LogP contribution in [0.1, 0.15) is 18.1 Å². The van der Waals surface area contributed by atoms with E-state index in [0.717, 1.165) is 97.5 Å². The maximum absolute atomic E-state index is 5.45. The zero-order chi connectivity index (χ0) is 23.6. The van der Waals surface area contributed by atoms with E-state index in [1.807, 2.05) is 35.7 Å². The molecule has 180 valence electrons. The van der Waals surface area contributed by atoms with Gasteiger partial charge in [-0.1, -0.05) is 24.3 Å². The highest BCUT2D eigenvalue weighted by Gasteiger charge is 2.15. The zero-order valence-electron chi connectivity index (χ0n) is 20.0. The molecule has 2 aromatic carbocycles. The molecule has 0 unspecified atom stereocenters. The third-order valence-corrected chi connectivity index (χ3v) is 6.67. The standard InChI is InChI=1S/C26H30N8O/c1-19-28-22-9-4-5-10-23(22)33(19)14-11-24-30-25-20-7-2-3-8-21(20)29-26(34(25)31-24)27-12-6-13-32-15-17-35-18-16-32/h2-5,7-10H,6,11-18H2,1H3,(H,27,29). The average molecular weight is 471 g/mol. The number of rotatable bonds is 8. The average Bonchev–Trinajstić information content (AvgIpc) is 3.46. The fraction of sp³-hybridized carbons (Fsp3) is 0.385. The number of hydrogen-bond acceptors (Lipinski definition) is 7. The zero-order valence-corrected chi connectivity index (χ0v) is 20.0. The second kappa shape index (κ2) is 9.59. The van der Waals surface area contributed by atoms with Gasteiger partial charge >= 0.3 is 0 Å². The van der Waals surface area contributed by atoms with Crippen LogP contribution in [0.5, 0.6) is 0 Å². The number of morpholine rings is 1. The van der Waals surface area contributed by atoms with Crippen molar-refractivity contribution in [1.29, 1.82) is 0 Å². The molecule has 0 radical (unpaired) electrons. The third-order valence-electron chi connectivity index (χ3n) is 6.67. The molecule has 1 N–H and O–H groups in total. The van der Waals surface area contributed by atoms with E-state index in [4.69, 9.17) is 19.8 Å². The lowest BCUT2D eigenvalue weighted by molar-refractivity contribution is 0.0378. The van der Waals surface area contributed by atoms with E-state index in [-0.39, 0.29) is 0 Å². The molecule has 4 heterocycles. The van der Waals surface area contributed by atoms with E-state index in [1.165, 1.54) is 0 Å². The molecule has 35 heavy (non-hydrogen) atoms. The normalized spacial score (nSPS) is 14.9. The van der Waals surface area contributed by atoms with Gasteiger partial charge in [-0.05, 0) is 44.2 Å². The number of aryl methyl sites for hydroxylation is 3. The summed E-state index contributed by atoms with van der Waals surface area (Å²) < 4.78 is 9.55. The lowest BCUT2D eigenvalue weighted by Gasteiger charge is -2.26. The number of hydrogen-bond donors (Lipinski definition) is 1. The SMILES string of the molecule is Cc1nc2ccccc2n1CCc1nc2c3ccccc3nc(NCCCN3CCOCC3)n2n1. The molecule has 0 aliphatic carbocycles. The summed E-state index contributed by atoms with van der Waals surface area (Å²) >= 11 is 0. The van der Waals surface area contributed by atoms with Crippen LogP contribution in [0.15, 0.2) is 48.5 Å². The van der Waals surface area contributed by atoms with Crippen molar-refractivity contribution in [1.82, 2.24) is 34.0 Å². The van der Waals surface area contributed by atoms with Crippen LogP contribution >= 0.6 is 0 Å². The summed E-state index contributed by atoms with van der Waals surface area (Å²) in [7, 11) is 0. The minimum atomic E-state index is 0.716. The van der Waals surface area contributed by atoms with Crippen LogP contribution in [0, 0.1) is 6.92 Å². The molecule has 0 amide bonds. The number of ether oxygens (including phenoxy) is 1. The van der Waals surface area contributed by atoms with E-state index in [1.54, 1.807) is 0 Å². The minimum absolute atomic E-state index is 0.716. The second-order valence-electron chi connectivity index (χ2n) is 9.00. The molecule has 9 heteroatoms. The molecule has 1 saturated heterocycles. The first-order valence-corrected chi connectivity index (χ1v) is 12.4. The lowest BCUT2D eigenvalue weighted by Crippen LogP contribution is -2.37. The summed E-state index contributed by atoms with van der Waals surface area (Å²) in [6, 6.07) is 16.4. The number of para-hydroxylation sites is 3. The molecular weight excluding hydrogens is 440 g/mol. The Labute approximate surface area is 203 Å². The predicted octanol–water partition coefficient (Wildman–Crippen LogP) is 3.31. The van der Waals surface area contributed by atoms with Crippen molar-refractivity contribution < 1.29 is 4.74 Å². The highest BCUT2D eigenvalue weighted by molar-refractivity contribution is 5.92. The first kappa shape index (κ1) is 21.9. The summed E-state index contributed by atoms with van der Waals surface area (Å²) in [4.78, 5) is 16.9. The molecule has 5 aromatic rings. The molecule has 0 saturated carbocycles. The van der Waals surface area contributed by atoms with Crippen LogP contribution in [0.2, 0.25) is 0 Å². The number of anilines is 1. The Bertz CT molecular complexity index is 1470. The van der Waals surface area contributed by atoms with Gasteiger partial charge < -0.3 is 14.6 Å². The highest BCUT2D eigenvalue weighted by Crippen LogP contribution is 2.21. The summed E-state index contributed by atoms with van der Waals surface area (Å²) in [5.74, 6) is 2.55. The summed E-state index contributed by atoms with van der Waals surface area (Å²) in [6.45, 7) is 8.38. The first-order chi connectivity index (χ1) is 17.3. The van der Waals surface area contributed by atoms with E-state index in [0.29, 0.717) is 6.42 Å². The molecule has 1 aliphatic rings. The molecule has 3 aromatic heterocycles. The molecule has 1 fully saturated rings. The number of imidazole rings is 1. The molecule has 0 atom stereocenters. The maximum Gasteiger partial charge on any atom is 0.226 e. The Kier molecular flexibility index (Phi) is 6.01. The van der Waals surface area contributed by atoms with Crippen molar-refractivity contribution in [3.63, 3.8) is 0 Å². The van der Waals surface area contributed by atoms with Crippen LogP contribution in [-0.4, -0.2) is 73.4 Å². The number of nitrogens with zero attached hydrogens (tertiary/aromatic N) is 7. The predicted molar refractivity (Wildman–Crippen MR) is 137 cm³/mol. The molecule has 0 bridgehead atoms. The van der Waals surface area contributed by atoms with Crippen molar-refractivity contribution in [2.75, 3.05) is 44.7 Å². The second-order valence-corrected chi connectivity index (χ2v) is 9.00. The Hall–Kier alpha value is -3.56. The quantitative estimate of drug-likeness (QED) is 0.348. The van der Waals surface area contributed by atoms with E-state index in [2.05, 4.69) is 44.0 Å². The van der Waals surface area contributed by atoms with Crippen molar-refractivity contribution >= 4 is 33.5 Å². The van der Waals surface area contributed by atoms with Crippen molar-refractivity contribution in [3.05, 3.63) is 60.2 Å². The fourth-order valence-corrected chi connectivity index (χ4v) is 4.84. The van der Waals surface area contributed by atoms with Gasteiger partial charge in [0.1, 0.15) is 5.82 Å². The Balaban J connectivity index is 1.23. The van der Waals surface area contributed by atoms with Gasteiger partial charge in [0.05, 0.1) is 29.8 Å². The molecular formula is C26H30N8O. The highest BCUT2D eigenvalue weighted by atomic mass is 16.5. The van der Waals surface area contributed by atoms with Crippen LogP contribution in [0.25, 0.3) is 27.6 Å². The fourth-order valence-electron chi connectivity index (χ4n) is 4.84. The largest absolute Gasteiger partial charge is 0.379 e. The Morgan fingerprint density at radius 1 is 0.914 bits per heavy atom. The Morgan fingerprint density at radius 3 is 2.60 bits per heavy atom. The van der Waals surface area contributed by atoms with Gasteiger partial charge in [0.2, 0.25) is 5.95 Å². The van der Waals surface area contributed by atoms with Crippen LogP contribution in [0.4, 0.5) is 5.95 Å². The lowest BCUT2D eigenvalue weighted by atomic mass is 10.2. The Morgan fingerprint density at radius 2 is 1.71 bits per heavy atom. The molecule has 6 rings (SSSR count). The topological polar surface area (TPSA) is 85.4 Å². The van der Waals surface area contributed by atoms with Gasteiger partial charge in [0.15, 0.2) is 11.5 Å². The van der Waals surface area contributed by atoms with E-state index >= 15 is 0 Å². The number of aromatic nitrogens is 6. The molecule has 9 nitrogen and oxygen atoms in total.